The Morgan fingerprint density at radius 3 is 2.89 bits per heavy atom. The minimum atomic E-state index is -0.758. The molecule has 19 heavy (non-hydrogen) atoms. The lowest BCUT2D eigenvalue weighted by Crippen LogP contribution is -2.23. The van der Waals surface area contributed by atoms with Gasteiger partial charge < -0.3 is 10.2 Å². The molecule has 0 bridgehead atoms. The number of nitrogen functional groups attached to an aromatic ring is 1. The minimum Gasteiger partial charge on any atom is -0.407 e. The summed E-state index contributed by atoms with van der Waals surface area (Å²) in [6.07, 6.45) is 0. The number of benzene rings is 1. The Morgan fingerprint density at radius 2 is 2.21 bits per heavy atom. The van der Waals surface area contributed by atoms with Gasteiger partial charge in [-0.2, -0.15) is 5.10 Å². The predicted molar refractivity (Wildman–Crippen MR) is 67.9 cm³/mol. The van der Waals surface area contributed by atoms with Crippen LogP contribution in [0.3, 0.4) is 0 Å². The van der Waals surface area contributed by atoms with E-state index in [-0.39, 0.29) is 5.69 Å². The van der Waals surface area contributed by atoms with E-state index in [1.807, 2.05) is 0 Å². The number of nitrogens with one attached hydrogen (secondary N) is 1. The van der Waals surface area contributed by atoms with E-state index in [1.165, 1.54) is 6.07 Å². The number of fused-ring (bicyclic) bond motifs is 1. The highest BCUT2D eigenvalue weighted by Gasteiger charge is 2.19. The van der Waals surface area contributed by atoms with Crippen molar-refractivity contribution in [3.63, 3.8) is 0 Å². The van der Waals surface area contributed by atoms with Crippen LogP contribution >= 0.6 is 0 Å². The van der Waals surface area contributed by atoms with Crippen LogP contribution in [-0.2, 0) is 0 Å². The molecule has 0 amide bonds. The minimum absolute atomic E-state index is 0.143. The molecule has 0 unspecified atom stereocenters. The molecule has 1 aromatic carbocycles. The molecular weight excluding hydrogens is 248 g/mol. The fourth-order valence-electron chi connectivity index (χ4n) is 1.87. The molecule has 3 aromatic rings. The molecule has 0 radical (unpaired) electrons. The highest BCUT2D eigenvalue weighted by Crippen LogP contribution is 2.17. The number of nitrogens with zero attached hydrogens (tertiary/aromatic N) is 2. The number of hydrogen-bond acceptors (Lipinski definition) is 5. The normalized spacial score (nSPS) is 11.0. The largest absolute Gasteiger partial charge is 0.427 e. The zero-order chi connectivity index (χ0) is 13.6. The van der Waals surface area contributed by atoms with Crippen LogP contribution in [0.5, 0.6) is 0 Å². The van der Waals surface area contributed by atoms with Crippen molar-refractivity contribution in [2.75, 3.05) is 5.73 Å². The van der Waals surface area contributed by atoms with E-state index in [1.54, 1.807) is 25.1 Å². The highest BCUT2D eigenvalue weighted by molar-refractivity contribution is 5.99. The van der Waals surface area contributed by atoms with Crippen LogP contribution in [0.15, 0.2) is 33.5 Å². The van der Waals surface area contributed by atoms with E-state index in [0.717, 1.165) is 10.3 Å². The first kappa shape index (κ1) is 11.3. The number of carbonyl (C=O) groups is 1. The Hall–Kier alpha value is -2.83. The van der Waals surface area contributed by atoms with Crippen molar-refractivity contribution in [3.8, 4) is 0 Å². The van der Waals surface area contributed by atoms with Crippen LogP contribution in [-0.4, -0.2) is 20.7 Å². The molecule has 0 aliphatic carbocycles. The smallest absolute Gasteiger partial charge is 0.407 e. The summed E-state index contributed by atoms with van der Waals surface area (Å²) >= 11 is 0. The van der Waals surface area contributed by atoms with Gasteiger partial charge in [0.05, 0.1) is 0 Å². The fraction of sp³-hybridized carbons (Fsp3) is 0.0833. The second-order valence-corrected chi connectivity index (χ2v) is 4.17. The van der Waals surface area contributed by atoms with Crippen molar-refractivity contribution in [2.45, 2.75) is 6.92 Å². The highest BCUT2D eigenvalue weighted by atomic mass is 16.4. The molecule has 0 spiro atoms. The molecule has 0 atom stereocenters. The van der Waals surface area contributed by atoms with Crippen LogP contribution in [0.4, 0.5) is 5.69 Å². The number of carbonyl (C=O) groups excluding carboxylic acids is 1. The van der Waals surface area contributed by atoms with Crippen molar-refractivity contribution in [3.05, 3.63) is 46.2 Å². The molecular formula is C12H10N4O3. The standard InChI is InChI=1S/C12H10N4O3/c1-6-4-8(15-14-6)11(17)16-9-5-7(13)2-3-10(9)19-12(16)18/h2-5H,13H2,1H3,(H,14,15). The maximum absolute atomic E-state index is 12.2. The summed E-state index contributed by atoms with van der Waals surface area (Å²) in [5.41, 5.74) is 7.60. The van der Waals surface area contributed by atoms with Gasteiger partial charge in [0.2, 0.25) is 0 Å². The summed E-state index contributed by atoms with van der Waals surface area (Å²) in [6, 6.07) is 6.21. The Morgan fingerprint density at radius 1 is 1.42 bits per heavy atom. The molecule has 2 heterocycles. The second kappa shape index (κ2) is 3.84. The Balaban J connectivity index is 2.24. The van der Waals surface area contributed by atoms with Gasteiger partial charge in [-0.25, -0.2) is 9.36 Å². The van der Waals surface area contributed by atoms with E-state index in [9.17, 15) is 9.59 Å². The number of aromatic amines is 1. The SMILES string of the molecule is Cc1cc(C(=O)n2c(=O)oc3ccc(N)cc32)n[nH]1. The monoisotopic (exact) mass is 258 g/mol. The molecule has 96 valence electrons. The van der Waals surface area contributed by atoms with E-state index >= 15 is 0 Å². The van der Waals surface area contributed by atoms with Gasteiger partial charge in [0, 0.05) is 11.4 Å². The Bertz CT molecular complexity index is 840. The molecule has 0 saturated carbocycles. The summed E-state index contributed by atoms with van der Waals surface area (Å²) in [5, 5.41) is 6.48. The zero-order valence-electron chi connectivity index (χ0n) is 10.0. The van der Waals surface area contributed by atoms with E-state index in [4.69, 9.17) is 10.2 Å². The van der Waals surface area contributed by atoms with E-state index in [2.05, 4.69) is 10.2 Å². The average Bonchev–Trinajstić information content (AvgIpc) is 2.91. The van der Waals surface area contributed by atoms with Crippen LogP contribution < -0.4 is 11.5 Å². The van der Waals surface area contributed by atoms with E-state index in [0.29, 0.717) is 16.8 Å². The molecule has 0 aliphatic heterocycles. The molecule has 3 N–H and O–H groups in total. The summed E-state index contributed by atoms with van der Waals surface area (Å²) in [5.74, 6) is -1.31. The van der Waals surface area contributed by atoms with Crippen molar-refractivity contribution < 1.29 is 9.21 Å². The van der Waals surface area contributed by atoms with Gasteiger partial charge in [0.25, 0.3) is 5.91 Å². The topological polar surface area (TPSA) is 107 Å². The molecule has 0 aliphatic rings. The van der Waals surface area contributed by atoms with Gasteiger partial charge in [-0.1, -0.05) is 0 Å². The Labute approximate surface area is 106 Å². The molecule has 3 rings (SSSR count). The Kier molecular flexibility index (Phi) is 2.28. The quantitative estimate of drug-likeness (QED) is 0.630. The van der Waals surface area contributed by atoms with Gasteiger partial charge in [-0.05, 0) is 31.2 Å². The summed E-state index contributed by atoms with van der Waals surface area (Å²) in [6.45, 7) is 1.76. The third-order valence-corrected chi connectivity index (χ3v) is 2.73. The average molecular weight is 258 g/mol. The molecule has 2 aromatic heterocycles. The summed E-state index contributed by atoms with van der Waals surface area (Å²) < 4.78 is 5.91. The number of rotatable bonds is 1. The molecule has 0 saturated heterocycles. The lowest BCUT2D eigenvalue weighted by atomic mass is 10.3. The van der Waals surface area contributed by atoms with Gasteiger partial charge in [0.1, 0.15) is 5.52 Å². The number of H-pyrrole nitrogens is 1. The van der Waals surface area contributed by atoms with Gasteiger partial charge in [0.15, 0.2) is 11.3 Å². The van der Waals surface area contributed by atoms with Crippen LogP contribution in [0.2, 0.25) is 0 Å². The summed E-state index contributed by atoms with van der Waals surface area (Å²) in [4.78, 5) is 24.0. The van der Waals surface area contributed by atoms with Crippen molar-refractivity contribution in [2.24, 2.45) is 0 Å². The maximum atomic E-state index is 12.2. The van der Waals surface area contributed by atoms with Crippen LogP contribution in [0, 0.1) is 6.92 Å². The number of hydrogen-bond donors (Lipinski definition) is 2. The zero-order valence-corrected chi connectivity index (χ0v) is 10.0. The number of aromatic nitrogens is 3. The predicted octanol–water partition coefficient (Wildman–Crippen LogP) is 0.897. The number of anilines is 1. The van der Waals surface area contributed by atoms with Crippen molar-refractivity contribution in [1.82, 2.24) is 14.8 Å². The molecule has 7 nitrogen and oxygen atoms in total. The van der Waals surface area contributed by atoms with Crippen molar-refractivity contribution in [1.29, 1.82) is 0 Å². The first-order chi connectivity index (χ1) is 9.06. The van der Waals surface area contributed by atoms with Gasteiger partial charge in [-0.15, -0.1) is 0 Å². The third-order valence-electron chi connectivity index (χ3n) is 2.73. The molecule has 7 heteroatoms. The van der Waals surface area contributed by atoms with Crippen LogP contribution in [0.1, 0.15) is 16.2 Å². The number of oxazole rings is 1. The lowest BCUT2D eigenvalue weighted by molar-refractivity contribution is 0.0951. The van der Waals surface area contributed by atoms with Crippen molar-refractivity contribution >= 4 is 22.7 Å². The summed E-state index contributed by atoms with van der Waals surface area (Å²) in [7, 11) is 0. The van der Waals surface area contributed by atoms with E-state index < -0.39 is 11.7 Å². The number of aryl methyl sites for hydroxylation is 1. The molecule has 0 fully saturated rings. The lowest BCUT2D eigenvalue weighted by Gasteiger charge is -1.98. The number of nitrogens with two attached hydrogens (primary N) is 1. The first-order valence-electron chi connectivity index (χ1n) is 5.54. The van der Waals surface area contributed by atoms with Gasteiger partial charge in [-0.3, -0.25) is 9.89 Å². The van der Waals surface area contributed by atoms with Crippen LogP contribution in [0.25, 0.3) is 11.1 Å². The third kappa shape index (κ3) is 1.71. The maximum Gasteiger partial charge on any atom is 0.427 e. The van der Waals surface area contributed by atoms with Gasteiger partial charge >= 0.3 is 5.76 Å². The fourth-order valence-corrected chi connectivity index (χ4v) is 1.87. The first-order valence-corrected chi connectivity index (χ1v) is 5.54. The second-order valence-electron chi connectivity index (χ2n) is 4.17.